The van der Waals surface area contributed by atoms with Crippen LogP contribution in [0.3, 0.4) is 0 Å². The van der Waals surface area contributed by atoms with E-state index in [-0.39, 0.29) is 5.78 Å². The standard InChI is InChI=1S/C22H29N3O/c1-24(2)16-15-23-20-12-9-18(10-13-20)11-14-22(26)21-8-6-5-7-19(21)17-25(3)4/h5-14,23H,15-17H2,1-4H3. The normalized spacial score (nSPS) is 11.5. The van der Waals surface area contributed by atoms with Crippen LogP contribution in [0.1, 0.15) is 21.5 Å². The Morgan fingerprint density at radius 3 is 2.31 bits per heavy atom. The Kier molecular flexibility index (Phi) is 7.57. The van der Waals surface area contributed by atoms with Crippen molar-refractivity contribution in [2.24, 2.45) is 0 Å². The third kappa shape index (κ3) is 6.47. The SMILES string of the molecule is CN(C)CCNc1ccc(C=CC(=O)c2ccccc2CN(C)C)cc1. The maximum Gasteiger partial charge on any atom is 0.186 e. The Bertz CT molecular complexity index is 733. The quantitative estimate of drug-likeness (QED) is 0.553. The lowest BCUT2D eigenvalue weighted by Gasteiger charge is -2.12. The maximum atomic E-state index is 12.6. The molecule has 0 saturated carbocycles. The van der Waals surface area contributed by atoms with E-state index in [9.17, 15) is 4.79 Å². The van der Waals surface area contributed by atoms with Crippen molar-refractivity contribution in [3.05, 3.63) is 71.3 Å². The lowest BCUT2D eigenvalue weighted by molar-refractivity contribution is 0.104. The molecule has 2 aromatic rings. The molecule has 0 amide bonds. The summed E-state index contributed by atoms with van der Waals surface area (Å²) in [5, 5.41) is 3.38. The molecule has 138 valence electrons. The van der Waals surface area contributed by atoms with Gasteiger partial charge in [0.2, 0.25) is 0 Å². The van der Waals surface area contributed by atoms with E-state index in [2.05, 4.69) is 29.2 Å². The van der Waals surface area contributed by atoms with Gasteiger partial charge in [-0.3, -0.25) is 4.79 Å². The number of benzene rings is 2. The number of allylic oxidation sites excluding steroid dienone is 1. The van der Waals surface area contributed by atoms with Crippen molar-refractivity contribution in [3.8, 4) is 0 Å². The van der Waals surface area contributed by atoms with Gasteiger partial charge in [-0.25, -0.2) is 0 Å². The summed E-state index contributed by atoms with van der Waals surface area (Å²) in [6, 6.07) is 15.9. The molecule has 0 aliphatic carbocycles. The predicted octanol–water partition coefficient (Wildman–Crippen LogP) is 3.62. The summed E-state index contributed by atoms with van der Waals surface area (Å²) in [6.45, 7) is 2.65. The van der Waals surface area contributed by atoms with Gasteiger partial charge in [0.25, 0.3) is 0 Å². The van der Waals surface area contributed by atoms with E-state index in [4.69, 9.17) is 0 Å². The van der Waals surface area contributed by atoms with Crippen molar-refractivity contribution in [2.75, 3.05) is 46.6 Å². The Morgan fingerprint density at radius 2 is 1.65 bits per heavy atom. The molecule has 1 N–H and O–H groups in total. The van der Waals surface area contributed by atoms with Crippen LogP contribution in [-0.4, -0.2) is 56.9 Å². The molecular formula is C22H29N3O. The van der Waals surface area contributed by atoms with Gasteiger partial charge in [0.15, 0.2) is 5.78 Å². The minimum atomic E-state index is 0.0376. The molecule has 0 aliphatic heterocycles. The zero-order valence-corrected chi connectivity index (χ0v) is 16.2. The molecule has 0 unspecified atom stereocenters. The summed E-state index contributed by atoms with van der Waals surface area (Å²) in [6.07, 6.45) is 3.53. The fraction of sp³-hybridized carbons (Fsp3) is 0.318. The molecular weight excluding hydrogens is 322 g/mol. The summed E-state index contributed by atoms with van der Waals surface area (Å²) < 4.78 is 0. The van der Waals surface area contributed by atoms with Crippen molar-refractivity contribution >= 4 is 17.5 Å². The van der Waals surface area contributed by atoms with Crippen LogP contribution in [0.4, 0.5) is 5.69 Å². The Labute approximate surface area is 157 Å². The summed E-state index contributed by atoms with van der Waals surface area (Å²) in [4.78, 5) is 16.8. The maximum absolute atomic E-state index is 12.6. The highest BCUT2D eigenvalue weighted by Gasteiger charge is 2.08. The second kappa shape index (κ2) is 9.90. The lowest BCUT2D eigenvalue weighted by Crippen LogP contribution is -2.20. The minimum absolute atomic E-state index is 0.0376. The lowest BCUT2D eigenvalue weighted by atomic mass is 10.0. The molecule has 0 atom stereocenters. The Hall–Kier alpha value is -2.43. The highest BCUT2D eigenvalue weighted by Crippen LogP contribution is 2.14. The number of rotatable bonds is 9. The molecule has 0 aliphatic rings. The molecule has 0 spiro atoms. The molecule has 4 heteroatoms. The van der Waals surface area contributed by atoms with Crippen molar-refractivity contribution < 1.29 is 4.79 Å². The smallest absolute Gasteiger partial charge is 0.186 e. The first-order valence-electron chi connectivity index (χ1n) is 8.89. The number of nitrogens with zero attached hydrogens (tertiary/aromatic N) is 2. The zero-order chi connectivity index (χ0) is 18.9. The van der Waals surface area contributed by atoms with E-state index >= 15 is 0 Å². The molecule has 0 radical (unpaired) electrons. The molecule has 2 rings (SSSR count). The van der Waals surface area contributed by atoms with E-state index in [1.54, 1.807) is 6.08 Å². The fourth-order valence-corrected chi connectivity index (χ4v) is 2.64. The highest BCUT2D eigenvalue weighted by molar-refractivity contribution is 6.07. The average Bonchev–Trinajstić information content (AvgIpc) is 2.60. The van der Waals surface area contributed by atoms with Crippen molar-refractivity contribution in [3.63, 3.8) is 0 Å². The van der Waals surface area contributed by atoms with E-state index in [1.165, 1.54) is 0 Å². The summed E-state index contributed by atoms with van der Waals surface area (Å²) >= 11 is 0. The second-order valence-corrected chi connectivity index (χ2v) is 6.94. The van der Waals surface area contributed by atoms with Gasteiger partial charge in [-0.05, 0) is 57.5 Å². The second-order valence-electron chi connectivity index (χ2n) is 6.94. The first kappa shape index (κ1) is 19.9. The monoisotopic (exact) mass is 351 g/mol. The molecule has 26 heavy (non-hydrogen) atoms. The van der Waals surface area contributed by atoms with Crippen LogP contribution in [0.15, 0.2) is 54.6 Å². The zero-order valence-electron chi connectivity index (χ0n) is 16.2. The number of nitrogens with one attached hydrogen (secondary N) is 1. The third-order valence-corrected chi connectivity index (χ3v) is 4.00. The summed E-state index contributed by atoms with van der Waals surface area (Å²) in [5.74, 6) is 0.0376. The first-order chi connectivity index (χ1) is 12.5. The van der Waals surface area contributed by atoms with Gasteiger partial charge in [0.1, 0.15) is 0 Å². The molecule has 0 heterocycles. The van der Waals surface area contributed by atoms with E-state index in [0.29, 0.717) is 0 Å². The topological polar surface area (TPSA) is 35.6 Å². The van der Waals surface area contributed by atoms with Crippen LogP contribution in [0.5, 0.6) is 0 Å². The Balaban J connectivity index is 2.00. The fourth-order valence-electron chi connectivity index (χ4n) is 2.64. The largest absolute Gasteiger partial charge is 0.384 e. The van der Waals surface area contributed by atoms with Crippen LogP contribution in [0.25, 0.3) is 6.08 Å². The number of carbonyl (C=O) groups is 1. The van der Waals surface area contributed by atoms with Gasteiger partial charge in [-0.1, -0.05) is 42.5 Å². The number of carbonyl (C=O) groups excluding carboxylic acids is 1. The summed E-state index contributed by atoms with van der Waals surface area (Å²) in [7, 11) is 8.13. The number of likely N-dealkylation sites (N-methyl/N-ethyl adjacent to an activating group) is 1. The molecule has 4 nitrogen and oxygen atoms in total. The molecule has 0 saturated heterocycles. The van der Waals surface area contributed by atoms with E-state index in [0.717, 1.165) is 42.0 Å². The van der Waals surface area contributed by atoms with Crippen LogP contribution in [0, 0.1) is 0 Å². The number of hydrogen-bond acceptors (Lipinski definition) is 4. The third-order valence-electron chi connectivity index (χ3n) is 4.00. The Morgan fingerprint density at radius 1 is 0.962 bits per heavy atom. The molecule has 0 aromatic heterocycles. The van der Waals surface area contributed by atoms with Crippen LogP contribution in [0.2, 0.25) is 0 Å². The first-order valence-corrected chi connectivity index (χ1v) is 8.89. The van der Waals surface area contributed by atoms with Gasteiger partial charge >= 0.3 is 0 Å². The van der Waals surface area contributed by atoms with E-state index in [1.807, 2.05) is 68.7 Å². The van der Waals surface area contributed by atoms with Crippen molar-refractivity contribution in [1.29, 1.82) is 0 Å². The highest BCUT2D eigenvalue weighted by atomic mass is 16.1. The molecule has 2 aromatic carbocycles. The minimum Gasteiger partial charge on any atom is -0.384 e. The van der Waals surface area contributed by atoms with Crippen LogP contribution < -0.4 is 5.32 Å². The predicted molar refractivity (Wildman–Crippen MR) is 111 cm³/mol. The average molecular weight is 351 g/mol. The number of ketones is 1. The summed E-state index contributed by atoms with van der Waals surface area (Å²) in [5.41, 5.74) is 3.92. The molecule has 0 bridgehead atoms. The van der Waals surface area contributed by atoms with Gasteiger partial charge in [-0.2, -0.15) is 0 Å². The van der Waals surface area contributed by atoms with Gasteiger partial charge in [-0.15, -0.1) is 0 Å². The van der Waals surface area contributed by atoms with Crippen molar-refractivity contribution in [1.82, 2.24) is 9.80 Å². The van der Waals surface area contributed by atoms with Crippen molar-refractivity contribution in [2.45, 2.75) is 6.54 Å². The number of hydrogen-bond donors (Lipinski definition) is 1. The van der Waals surface area contributed by atoms with Crippen LogP contribution >= 0.6 is 0 Å². The van der Waals surface area contributed by atoms with Gasteiger partial charge in [0.05, 0.1) is 0 Å². The van der Waals surface area contributed by atoms with E-state index < -0.39 is 0 Å². The van der Waals surface area contributed by atoms with Gasteiger partial charge in [0, 0.05) is 30.9 Å². The molecule has 0 fully saturated rings. The van der Waals surface area contributed by atoms with Gasteiger partial charge < -0.3 is 15.1 Å². The number of anilines is 1. The van der Waals surface area contributed by atoms with Crippen LogP contribution in [-0.2, 0) is 6.54 Å².